The largest absolute Gasteiger partial charge is 0.358 e. The third-order valence-corrected chi connectivity index (χ3v) is 3.54. The number of hydrogen-bond donors (Lipinski definition) is 2. The van der Waals surface area contributed by atoms with E-state index < -0.39 is 0 Å². The van der Waals surface area contributed by atoms with Gasteiger partial charge in [0.25, 0.3) is 0 Å². The molecule has 0 radical (unpaired) electrons. The first-order chi connectivity index (χ1) is 7.50. The number of nitrogens with two attached hydrogens (primary N) is 1. The second kappa shape index (κ2) is 4.22. The van der Waals surface area contributed by atoms with Crippen LogP contribution in [0.1, 0.15) is 31.1 Å². The molecule has 1 unspecified atom stereocenters. The van der Waals surface area contributed by atoms with E-state index in [1.54, 1.807) is 0 Å². The van der Waals surface area contributed by atoms with Crippen LogP contribution in [0, 0.1) is 12.8 Å². The highest BCUT2D eigenvalue weighted by atomic mass is 79.9. The van der Waals surface area contributed by atoms with Gasteiger partial charge in [0.1, 0.15) is 0 Å². The van der Waals surface area contributed by atoms with Crippen LogP contribution in [0.5, 0.6) is 0 Å². The van der Waals surface area contributed by atoms with Gasteiger partial charge in [0.05, 0.1) is 0 Å². The summed E-state index contributed by atoms with van der Waals surface area (Å²) in [4.78, 5) is 3.39. The molecule has 0 saturated heterocycles. The Balaban J connectivity index is 2.67. The molecule has 1 aromatic carbocycles. The second-order valence-electron chi connectivity index (χ2n) is 4.62. The molecule has 1 aromatic heterocycles. The highest BCUT2D eigenvalue weighted by molar-refractivity contribution is 9.10. The van der Waals surface area contributed by atoms with E-state index >= 15 is 0 Å². The summed E-state index contributed by atoms with van der Waals surface area (Å²) in [5.74, 6) is 0.441. The minimum Gasteiger partial charge on any atom is -0.358 e. The van der Waals surface area contributed by atoms with E-state index in [-0.39, 0.29) is 6.04 Å². The Labute approximate surface area is 104 Å². The SMILES string of the molecule is Cc1[nH]c2ccc(Br)cc2c1C(N)C(C)C. The number of hydrogen-bond acceptors (Lipinski definition) is 1. The molecule has 0 amide bonds. The molecule has 0 aliphatic rings. The Morgan fingerprint density at radius 2 is 2.00 bits per heavy atom. The summed E-state index contributed by atoms with van der Waals surface area (Å²) in [6.07, 6.45) is 0. The van der Waals surface area contributed by atoms with Crippen molar-refractivity contribution in [2.75, 3.05) is 0 Å². The van der Waals surface area contributed by atoms with Gasteiger partial charge in [0.2, 0.25) is 0 Å². The Bertz CT molecular complexity index is 514. The van der Waals surface area contributed by atoms with E-state index in [1.165, 1.54) is 16.6 Å². The molecule has 3 heteroatoms. The average Bonchev–Trinajstić information content (AvgIpc) is 2.52. The molecule has 16 heavy (non-hydrogen) atoms. The zero-order valence-electron chi connectivity index (χ0n) is 9.84. The molecular formula is C13H17BrN2. The Kier molecular flexibility index (Phi) is 3.08. The number of H-pyrrole nitrogens is 1. The van der Waals surface area contributed by atoms with Crippen LogP contribution >= 0.6 is 15.9 Å². The van der Waals surface area contributed by atoms with Crippen LogP contribution in [0.3, 0.4) is 0 Å². The average molecular weight is 281 g/mol. The minimum absolute atomic E-state index is 0.0862. The van der Waals surface area contributed by atoms with Gasteiger partial charge in [-0.3, -0.25) is 0 Å². The van der Waals surface area contributed by atoms with Crippen molar-refractivity contribution in [2.45, 2.75) is 26.8 Å². The number of rotatable bonds is 2. The number of aryl methyl sites for hydroxylation is 1. The van der Waals surface area contributed by atoms with Gasteiger partial charge in [-0.2, -0.15) is 0 Å². The zero-order chi connectivity index (χ0) is 11.9. The third kappa shape index (κ3) is 1.89. The van der Waals surface area contributed by atoms with Gasteiger partial charge in [-0.05, 0) is 36.6 Å². The lowest BCUT2D eigenvalue weighted by Crippen LogP contribution is -2.17. The molecule has 2 nitrogen and oxygen atoms in total. The molecule has 0 saturated carbocycles. The van der Waals surface area contributed by atoms with Crippen LogP contribution in [0.15, 0.2) is 22.7 Å². The molecule has 0 aliphatic heterocycles. The van der Waals surface area contributed by atoms with E-state index in [9.17, 15) is 0 Å². The number of halogens is 1. The van der Waals surface area contributed by atoms with Crippen molar-refractivity contribution < 1.29 is 0 Å². The normalized spacial score (nSPS) is 13.6. The molecule has 3 N–H and O–H groups in total. The highest BCUT2D eigenvalue weighted by Crippen LogP contribution is 2.31. The summed E-state index contributed by atoms with van der Waals surface area (Å²) in [6.45, 7) is 6.40. The predicted octanol–water partition coefficient (Wildman–Crippen LogP) is 3.89. The maximum absolute atomic E-state index is 6.26. The fraction of sp³-hybridized carbons (Fsp3) is 0.385. The molecule has 0 aliphatic carbocycles. The lowest BCUT2D eigenvalue weighted by Gasteiger charge is -2.16. The number of benzene rings is 1. The monoisotopic (exact) mass is 280 g/mol. The maximum Gasteiger partial charge on any atom is 0.0460 e. The van der Waals surface area contributed by atoms with Gasteiger partial charge >= 0.3 is 0 Å². The number of fused-ring (bicyclic) bond motifs is 1. The predicted molar refractivity (Wildman–Crippen MR) is 72.5 cm³/mol. The van der Waals surface area contributed by atoms with Crippen LogP contribution in [0.25, 0.3) is 10.9 Å². The summed E-state index contributed by atoms with van der Waals surface area (Å²) in [7, 11) is 0. The van der Waals surface area contributed by atoms with Crippen LogP contribution in [0.2, 0.25) is 0 Å². The number of aromatic nitrogens is 1. The fourth-order valence-corrected chi connectivity index (χ4v) is 2.44. The van der Waals surface area contributed by atoms with Crippen molar-refractivity contribution >= 4 is 26.8 Å². The molecule has 86 valence electrons. The second-order valence-corrected chi connectivity index (χ2v) is 5.54. The lowest BCUT2D eigenvalue weighted by atomic mass is 9.95. The standard InChI is InChI=1S/C13H17BrN2/c1-7(2)13(15)12-8(3)16-11-5-4-9(14)6-10(11)12/h4-7,13,16H,15H2,1-3H3. The first kappa shape index (κ1) is 11.7. The fourth-order valence-electron chi connectivity index (χ4n) is 2.08. The first-order valence-electron chi connectivity index (χ1n) is 5.54. The van der Waals surface area contributed by atoms with E-state index in [1.807, 2.05) is 6.07 Å². The summed E-state index contributed by atoms with van der Waals surface area (Å²) >= 11 is 3.51. The van der Waals surface area contributed by atoms with Crippen LogP contribution < -0.4 is 5.73 Å². The first-order valence-corrected chi connectivity index (χ1v) is 6.33. The zero-order valence-corrected chi connectivity index (χ0v) is 11.4. The van der Waals surface area contributed by atoms with Crippen molar-refractivity contribution in [3.05, 3.63) is 33.9 Å². The number of aromatic amines is 1. The molecular weight excluding hydrogens is 264 g/mol. The van der Waals surface area contributed by atoms with E-state index in [4.69, 9.17) is 5.73 Å². The topological polar surface area (TPSA) is 41.8 Å². The van der Waals surface area contributed by atoms with Gasteiger partial charge in [-0.25, -0.2) is 0 Å². The minimum atomic E-state index is 0.0862. The van der Waals surface area contributed by atoms with Gasteiger partial charge in [0.15, 0.2) is 0 Å². The lowest BCUT2D eigenvalue weighted by molar-refractivity contribution is 0.515. The molecule has 1 heterocycles. The third-order valence-electron chi connectivity index (χ3n) is 3.05. The van der Waals surface area contributed by atoms with E-state index in [0.717, 1.165) is 9.99 Å². The summed E-state index contributed by atoms with van der Waals surface area (Å²) in [5.41, 5.74) is 9.84. The van der Waals surface area contributed by atoms with Gasteiger partial charge in [-0.1, -0.05) is 29.8 Å². The van der Waals surface area contributed by atoms with Crippen LogP contribution in [-0.2, 0) is 0 Å². The van der Waals surface area contributed by atoms with Crippen molar-refractivity contribution in [1.82, 2.24) is 4.98 Å². The molecule has 1 atom stereocenters. The maximum atomic E-state index is 6.26. The molecule has 2 aromatic rings. The Morgan fingerprint density at radius 1 is 1.31 bits per heavy atom. The summed E-state index contributed by atoms with van der Waals surface area (Å²) < 4.78 is 1.09. The molecule has 0 spiro atoms. The van der Waals surface area contributed by atoms with Gasteiger partial charge in [-0.15, -0.1) is 0 Å². The van der Waals surface area contributed by atoms with Crippen molar-refractivity contribution in [3.63, 3.8) is 0 Å². The summed E-state index contributed by atoms with van der Waals surface area (Å²) in [6, 6.07) is 6.35. The van der Waals surface area contributed by atoms with Crippen molar-refractivity contribution in [1.29, 1.82) is 0 Å². The Hall–Kier alpha value is -0.800. The van der Waals surface area contributed by atoms with Gasteiger partial charge < -0.3 is 10.7 Å². The molecule has 0 bridgehead atoms. The van der Waals surface area contributed by atoms with Crippen LogP contribution in [-0.4, -0.2) is 4.98 Å². The van der Waals surface area contributed by atoms with Crippen molar-refractivity contribution in [2.24, 2.45) is 11.7 Å². The van der Waals surface area contributed by atoms with Gasteiger partial charge in [0, 0.05) is 27.1 Å². The summed E-state index contributed by atoms with van der Waals surface area (Å²) in [5, 5.41) is 1.23. The van der Waals surface area contributed by atoms with E-state index in [2.05, 4.69) is 53.8 Å². The smallest absolute Gasteiger partial charge is 0.0460 e. The quantitative estimate of drug-likeness (QED) is 0.861. The Morgan fingerprint density at radius 3 is 2.62 bits per heavy atom. The highest BCUT2D eigenvalue weighted by Gasteiger charge is 2.18. The molecule has 2 rings (SSSR count). The number of nitrogens with one attached hydrogen (secondary N) is 1. The van der Waals surface area contributed by atoms with Crippen LogP contribution in [0.4, 0.5) is 0 Å². The van der Waals surface area contributed by atoms with Crippen molar-refractivity contribution in [3.8, 4) is 0 Å². The van der Waals surface area contributed by atoms with E-state index in [0.29, 0.717) is 5.92 Å². The molecule has 0 fully saturated rings.